The maximum Gasteiger partial charge on any atom is 0.287 e. The Hall–Kier alpha value is -1.33. The Balaban J connectivity index is 2.22. The Labute approximate surface area is 124 Å². The molecule has 1 unspecified atom stereocenters. The second kappa shape index (κ2) is 6.90. The molecule has 0 aliphatic carbocycles. The number of anilines is 1. The molecule has 0 spiro atoms. The molecule has 1 N–H and O–H groups in total. The van der Waals surface area contributed by atoms with Gasteiger partial charge in [0, 0.05) is 13.1 Å². The molecule has 0 radical (unpaired) electrons. The third kappa shape index (κ3) is 3.22. The summed E-state index contributed by atoms with van der Waals surface area (Å²) in [5.74, 6) is 0.584. The van der Waals surface area contributed by atoms with E-state index in [1.165, 1.54) is 11.1 Å². The van der Waals surface area contributed by atoms with Crippen LogP contribution < -0.4 is 15.8 Å². The third-order valence-electron chi connectivity index (χ3n) is 3.62. The number of hydrogen-bond donors (Lipinski definition) is 1. The summed E-state index contributed by atoms with van der Waals surface area (Å²) in [4.78, 5) is 14.3. The zero-order valence-electron chi connectivity index (χ0n) is 11.8. The van der Waals surface area contributed by atoms with Gasteiger partial charge in [-0.2, -0.15) is 5.10 Å². The molecule has 0 saturated carbocycles. The molecule has 1 fully saturated rings. The molecule has 1 aromatic rings. The summed E-state index contributed by atoms with van der Waals surface area (Å²) in [6.45, 7) is 6.80. The molecule has 5 nitrogen and oxygen atoms in total. The molecular weight excluding hydrogens is 276 g/mol. The first kappa shape index (κ1) is 15.1. The number of rotatable bonds is 5. The van der Waals surface area contributed by atoms with E-state index in [0.717, 1.165) is 31.7 Å². The highest BCUT2D eigenvalue weighted by molar-refractivity contribution is 6.33. The summed E-state index contributed by atoms with van der Waals surface area (Å²) in [7, 11) is 1.96. The van der Waals surface area contributed by atoms with Gasteiger partial charge in [-0.1, -0.05) is 17.7 Å². The van der Waals surface area contributed by atoms with Gasteiger partial charge in [0.05, 0.1) is 18.4 Å². The van der Waals surface area contributed by atoms with E-state index in [4.69, 9.17) is 11.6 Å². The average molecular weight is 297 g/mol. The second-order valence-electron chi connectivity index (χ2n) is 5.13. The van der Waals surface area contributed by atoms with E-state index in [9.17, 15) is 4.79 Å². The number of nitrogens with one attached hydrogen (secondary N) is 1. The zero-order chi connectivity index (χ0) is 14.5. The minimum absolute atomic E-state index is 0.250. The summed E-state index contributed by atoms with van der Waals surface area (Å²) < 4.78 is 1.33. The molecule has 2 rings (SSSR count). The molecule has 20 heavy (non-hydrogen) atoms. The summed E-state index contributed by atoms with van der Waals surface area (Å²) >= 11 is 6.23. The van der Waals surface area contributed by atoms with E-state index in [-0.39, 0.29) is 10.6 Å². The molecule has 110 valence electrons. The Morgan fingerprint density at radius 1 is 1.65 bits per heavy atom. The van der Waals surface area contributed by atoms with E-state index in [2.05, 4.69) is 21.9 Å². The average Bonchev–Trinajstić information content (AvgIpc) is 2.45. The zero-order valence-corrected chi connectivity index (χ0v) is 12.6. The van der Waals surface area contributed by atoms with Crippen molar-refractivity contribution in [2.45, 2.75) is 19.4 Å². The van der Waals surface area contributed by atoms with Crippen molar-refractivity contribution < 1.29 is 0 Å². The second-order valence-corrected chi connectivity index (χ2v) is 5.51. The van der Waals surface area contributed by atoms with Crippen molar-refractivity contribution in [1.82, 2.24) is 15.1 Å². The molecule has 0 bridgehead atoms. The fourth-order valence-corrected chi connectivity index (χ4v) is 2.93. The molecule has 0 amide bonds. The molecule has 1 atom stereocenters. The first-order valence-corrected chi connectivity index (χ1v) is 7.31. The lowest BCUT2D eigenvalue weighted by atomic mass is 9.98. The van der Waals surface area contributed by atoms with Gasteiger partial charge in [-0.3, -0.25) is 4.79 Å². The standard InChI is InChI=1S/C14H21ClN4O/c1-3-6-19-14(20)13(15)12(9-17-19)18-7-4-5-11(10-18)8-16-2/h3,9,11,16H,1,4-8,10H2,2H3. The van der Waals surface area contributed by atoms with Crippen LogP contribution in [0.25, 0.3) is 0 Å². The minimum atomic E-state index is -0.250. The largest absolute Gasteiger partial charge is 0.369 e. The third-order valence-corrected chi connectivity index (χ3v) is 3.98. The van der Waals surface area contributed by atoms with Crippen LogP contribution in [0.15, 0.2) is 23.6 Å². The van der Waals surface area contributed by atoms with Crippen molar-refractivity contribution in [3.05, 3.63) is 34.2 Å². The topological polar surface area (TPSA) is 50.2 Å². The Bertz CT molecular complexity index is 526. The van der Waals surface area contributed by atoms with Gasteiger partial charge in [-0.05, 0) is 32.4 Å². The predicted octanol–water partition coefficient (Wildman–Crippen LogP) is 1.52. The molecule has 1 aromatic heterocycles. The van der Waals surface area contributed by atoms with Crippen LogP contribution in [0, 0.1) is 5.92 Å². The molecular formula is C14H21ClN4O. The van der Waals surface area contributed by atoms with Crippen LogP contribution in [0.5, 0.6) is 0 Å². The SMILES string of the molecule is C=CCn1ncc(N2CCCC(CNC)C2)c(Cl)c1=O. The number of hydrogen-bond acceptors (Lipinski definition) is 4. The van der Waals surface area contributed by atoms with Gasteiger partial charge in [0.2, 0.25) is 0 Å². The smallest absolute Gasteiger partial charge is 0.287 e. The van der Waals surface area contributed by atoms with Crippen LogP contribution in [0.2, 0.25) is 5.02 Å². The van der Waals surface area contributed by atoms with Gasteiger partial charge < -0.3 is 10.2 Å². The highest BCUT2D eigenvalue weighted by atomic mass is 35.5. The molecule has 1 aliphatic rings. The number of allylic oxidation sites excluding steroid dienone is 1. The van der Waals surface area contributed by atoms with Gasteiger partial charge in [0.1, 0.15) is 5.02 Å². The lowest BCUT2D eigenvalue weighted by molar-refractivity contribution is 0.402. The number of halogens is 1. The first-order chi connectivity index (χ1) is 9.67. The van der Waals surface area contributed by atoms with Gasteiger partial charge in [0.15, 0.2) is 0 Å². The van der Waals surface area contributed by atoms with Crippen molar-refractivity contribution in [3.8, 4) is 0 Å². The number of piperidine rings is 1. The fraction of sp³-hybridized carbons (Fsp3) is 0.571. The maximum absolute atomic E-state index is 12.1. The van der Waals surface area contributed by atoms with E-state index < -0.39 is 0 Å². The summed E-state index contributed by atoms with van der Waals surface area (Å²) in [6.07, 6.45) is 5.64. The molecule has 1 saturated heterocycles. The van der Waals surface area contributed by atoms with Crippen molar-refractivity contribution in [3.63, 3.8) is 0 Å². The monoisotopic (exact) mass is 296 g/mol. The van der Waals surface area contributed by atoms with Crippen molar-refractivity contribution in [2.24, 2.45) is 5.92 Å². The van der Waals surface area contributed by atoms with Crippen molar-refractivity contribution >= 4 is 17.3 Å². The summed E-state index contributed by atoms with van der Waals surface area (Å²) in [5, 5.41) is 7.63. The van der Waals surface area contributed by atoms with Crippen LogP contribution in [0.3, 0.4) is 0 Å². The van der Waals surface area contributed by atoms with Gasteiger partial charge in [-0.25, -0.2) is 4.68 Å². The molecule has 1 aliphatic heterocycles. The highest BCUT2D eigenvalue weighted by Gasteiger charge is 2.22. The Kier molecular flexibility index (Phi) is 5.20. The van der Waals surface area contributed by atoms with E-state index in [1.807, 2.05) is 7.05 Å². The first-order valence-electron chi connectivity index (χ1n) is 6.93. The van der Waals surface area contributed by atoms with Crippen molar-refractivity contribution in [1.29, 1.82) is 0 Å². The van der Waals surface area contributed by atoms with Crippen LogP contribution >= 0.6 is 11.6 Å². The maximum atomic E-state index is 12.1. The Morgan fingerprint density at radius 3 is 3.15 bits per heavy atom. The highest BCUT2D eigenvalue weighted by Crippen LogP contribution is 2.26. The van der Waals surface area contributed by atoms with E-state index in [1.54, 1.807) is 12.3 Å². The summed E-state index contributed by atoms with van der Waals surface area (Å²) in [5.41, 5.74) is 0.498. The van der Waals surface area contributed by atoms with E-state index in [0.29, 0.717) is 12.5 Å². The van der Waals surface area contributed by atoms with Gasteiger partial charge in [-0.15, -0.1) is 6.58 Å². The molecule has 0 aromatic carbocycles. The molecule has 2 heterocycles. The van der Waals surface area contributed by atoms with Crippen molar-refractivity contribution in [2.75, 3.05) is 31.6 Å². The lowest BCUT2D eigenvalue weighted by Gasteiger charge is -2.34. The van der Waals surface area contributed by atoms with E-state index >= 15 is 0 Å². The minimum Gasteiger partial charge on any atom is -0.369 e. The predicted molar refractivity (Wildman–Crippen MR) is 82.6 cm³/mol. The normalized spacial score (nSPS) is 19.1. The van der Waals surface area contributed by atoms with Crippen LogP contribution in [-0.2, 0) is 6.54 Å². The quantitative estimate of drug-likeness (QED) is 0.837. The van der Waals surface area contributed by atoms with Gasteiger partial charge >= 0.3 is 0 Å². The fourth-order valence-electron chi connectivity index (χ4n) is 2.67. The van der Waals surface area contributed by atoms with Gasteiger partial charge in [0.25, 0.3) is 5.56 Å². The van der Waals surface area contributed by atoms with Crippen LogP contribution in [0.4, 0.5) is 5.69 Å². The summed E-state index contributed by atoms with van der Waals surface area (Å²) in [6, 6.07) is 0. The Morgan fingerprint density at radius 2 is 2.45 bits per heavy atom. The van der Waals surface area contributed by atoms with Crippen LogP contribution in [-0.4, -0.2) is 36.5 Å². The number of aromatic nitrogens is 2. The molecule has 6 heteroatoms. The van der Waals surface area contributed by atoms with Crippen LogP contribution in [0.1, 0.15) is 12.8 Å². The lowest BCUT2D eigenvalue weighted by Crippen LogP contribution is -2.40. The number of nitrogens with zero attached hydrogens (tertiary/aromatic N) is 3.